The summed E-state index contributed by atoms with van der Waals surface area (Å²) >= 11 is 0. The molecule has 0 radical (unpaired) electrons. The zero-order valence-electron chi connectivity index (χ0n) is 15.3. The van der Waals surface area contributed by atoms with Crippen LogP contribution in [0.25, 0.3) is 33.8 Å². The van der Waals surface area contributed by atoms with Crippen LogP contribution in [-0.2, 0) is 14.1 Å². The normalized spacial score (nSPS) is 10.9. The van der Waals surface area contributed by atoms with Crippen molar-refractivity contribution in [1.82, 2.24) is 24.5 Å². The Morgan fingerprint density at radius 2 is 2.00 bits per heavy atom. The first-order valence-electron chi connectivity index (χ1n) is 8.55. The van der Waals surface area contributed by atoms with E-state index < -0.39 is 0 Å². The molecular weight excluding hydrogens is 336 g/mol. The molecule has 0 aliphatic carbocycles. The van der Waals surface area contributed by atoms with E-state index in [0.717, 1.165) is 39.0 Å². The molecule has 3 heterocycles. The molecule has 1 N–H and O–H groups in total. The summed E-state index contributed by atoms with van der Waals surface area (Å²) in [5, 5.41) is 14.2. The minimum Gasteiger partial charge on any atom is -0.354 e. The molecule has 0 saturated heterocycles. The summed E-state index contributed by atoms with van der Waals surface area (Å²) in [6.45, 7) is 8.00. The van der Waals surface area contributed by atoms with E-state index in [1.54, 1.807) is 15.4 Å². The van der Waals surface area contributed by atoms with Crippen LogP contribution in [0.1, 0.15) is 11.3 Å². The summed E-state index contributed by atoms with van der Waals surface area (Å²) in [6.07, 6.45) is 9.34. The van der Waals surface area contributed by atoms with Crippen LogP contribution < -0.4 is 5.32 Å². The third-order valence-electron chi connectivity index (χ3n) is 4.41. The lowest BCUT2D eigenvalue weighted by molar-refractivity contribution is 0.763. The van der Waals surface area contributed by atoms with Crippen LogP contribution in [0.2, 0.25) is 0 Å². The van der Waals surface area contributed by atoms with Crippen molar-refractivity contribution < 1.29 is 0 Å². The van der Waals surface area contributed by atoms with Crippen LogP contribution in [0.3, 0.4) is 0 Å². The number of nitrogens with zero attached hydrogens (tertiary/aromatic N) is 5. The number of benzene rings is 1. The van der Waals surface area contributed by atoms with Crippen LogP contribution in [0.5, 0.6) is 0 Å². The molecule has 3 aromatic heterocycles. The molecule has 0 spiro atoms. The summed E-state index contributed by atoms with van der Waals surface area (Å²) in [4.78, 5) is 4.61. The Labute approximate surface area is 157 Å². The predicted octanol–water partition coefficient (Wildman–Crippen LogP) is 4.09. The van der Waals surface area contributed by atoms with Gasteiger partial charge in [0.25, 0.3) is 0 Å². The molecule has 0 amide bonds. The molecule has 0 aliphatic rings. The Morgan fingerprint density at radius 1 is 1.15 bits per heavy atom. The average Bonchev–Trinajstić information content (AvgIpc) is 3.27. The number of nitrogens with one attached hydrogen (secondary N) is 1. The summed E-state index contributed by atoms with van der Waals surface area (Å²) in [5.41, 5.74) is 5.26. The van der Waals surface area contributed by atoms with Gasteiger partial charge >= 0.3 is 0 Å². The van der Waals surface area contributed by atoms with Gasteiger partial charge in [-0.15, -0.1) is 0 Å². The zero-order chi connectivity index (χ0) is 19.0. The van der Waals surface area contributed by atoms with Crippen LogP contribution in [0, 0.1) is 0 Å². The Hall–Kier alpha value is -3.67. The van der Waals surface area contributed by atoms with Gasteiger partial charge in [0.15, 0.2) is 0 Å². The first-order chi connectivity index (χ1) is 13.0. The van der Waals surface area contributed by atoms with Crippen LogP contribution in [0.15, 0.2) is 62.2 Å². The molecule has 6 heteroatoms. The van der Waals surface area contributed by atoms with Crippen molar-refractivity contribution in [3.63, 3.8) is 0 Å². The van der Waals surface area contributed by atoms with Gasteiger partial charge in [-0.25, -0.2) is 0 Å². The highest BCUT2D eigenvalue weighted by Crippen LogP contribution is 2.29. The summed E-state index contributed by atoms with van der Waals surface area (Å²) in [5.74, 6) is 0. The molecule has 0 fully saturated rings. The quantitative estimate of drug-likeness (QED) is 0.585. The van der Waals surface area contributed by atoms with Gasteiger partial charge in [-0.05, 0) is 17.5 Å². The van der Waals surface area contributed by atoms with E-state index in [2.05, 4.69) is 45.8 Å². The molecular formula is C21H20N6. The van der Waals surface area contributed by atoms with Gasteiger partial charge < -0.3 is 5.32 Å². The Kier molecular flexibility index (Phi) is 4.08. The van der Waals surface area contributed by atoms with E-state index in [0.29, 0.717) is 5.70 Å². The Morgan fingerprint density at radius 3 is 2.74 bits per heavy atom. The van der Waals surface area contributed by atoms with Crippen molar-refractivity contribution in [3.8, 4) is 11.3 Å². The van der Waals surface area contributed by atoms with Gasteiger partial charge in [0.05, 0.1) is 17.6 Å². The van der Waals surface area contributed by atoms with Gasteiger partial charge in [-0.2, -0.15) is 10.2 Å². The second-order valence-corrected chi connectivity index (χ2v) is 6.41. The molecule has 0 saturated carbocycles. The first kappa shape index (κ1) is 16.8. The SMILES string of the molecule is C=Cc1cn(C)nc1C(=C)Nc1cccc2cc(-c3cnn(C)c3)ncc12. The predicted molar refractivity (Wildman–Crippen MR) is 110 cm³/mol. The molecule has 4 aromatic rings. The Balaban J connectivity index is 1.70. The molecule has 1 aromatic carbocycles. The monoisotopic (exact) mass is 356 g/mol. The van der Waals surface area contributed by atoms with Gasteiger partial charge in [0.1, 0.15) is 5.69 Å². The molecule has 27 heavy (non-hydrogen) atoms. The number of fused-ring (bicyclic) bond motifs is 1. The molecule has 134 valence electrons. The van der Waals surface area contributed by atoms with Gasteiger partial charge in [-0.1, -0.05) is 31.4 Å². The number of hydrogen-bond acceptors (Lipinski definition) is 4. The van der Waals surface area contributed by atoms with Gasteiger partial charge in [-0.3, -0.25) is 14.3 Å². The lowest BCUT2D eigenvalue weighted by Crippen LogP contribution is -2.01. The number of pyridine rings is 1. The smallest absolute Gasteiger partial charge is 0.115 e. The van der Waals surface area contributed by atoms with Crippen molar-refractivity contribution in [1.29, 1.82) is 0 Å². The van der Waals surface area contributed by atoms with Crippen LogP contribution in [-0.4, -0.2) is 24.5 Å². The number of anilines is 1. The summed E-state index contributed by atoms with van der Waals surface area (Å²) in [6, 6.07) is 8.16. The molecule has 0 unspecified atom stereocenters. The third-order valence-corrected chi connectivity index (χ3v) is 4.41. The second kappa shape index (κ2) is 6.57. The minimum atomic E-state index is 0.717. The number of aromatic nitrogens is 5. The minimum absolute atomic E-state index is 0.717. The summed E-state index contributed by atoms with van der Waals surface area (Å²) < 4.78 is 3.53. The van der Waals surface area contributed by atoms with E-state index in [4.69, 9.17) is 0 Å². The largest absolute Gasteiger partial charge is 0.354 e. The van der Waals surface area contributed by atoms with Crippen molar-refractivity contribution in [2.24, 2.45) is 14.1 Å². The highest BCUT2D eigenvalue weighted by atomic mass is 15.3. The standard InChI is InChI=1S/C21H20N6/c1-5-15-12-27(4)25-21(15)14(2)24-19-8-6-7-16-9-20(22-11-18(16)19)17-10-23-26(3)13-17/h5-13,24H,1-2H2,3-4H3. The number of hydrogen-bond donors (Lipinski definition) is 1. The van der Waals surface area contributed by atoms with E-state index in [1.165, 1.54) is 0 Å². The van der Waals surface area contributed by atoms with Gasteiger partial charge in [0.2, 0.25) is 0 Å². The fourth-order valence-corrected chi connectivity index (χ4v) is 3.10. The maximum atomic E-state index is 4.61. The highest BCUT2D eigenvalue weighted by Gasteiger charge is 2.11. The lowest BCUT2D eigenvalue weighted by Gasteiger charge is -2.12. The van der Waals surface area contributed by atoms with E-state index >= 15 is 0 Å². The van der Waals surface area contributed by atoms with Crippen LogP contribution >= 0.6 is 0 Å². The molecule has 0 atom stereocenters. The van der Waals surface area contributed by atoms with Crippen molar-refractivity contribution in [2.75, 3.05) is 5.32 Å². The molecule has 4 rings (SSSR count). The Bertz CT molecular complexity index is 1160. The first-order valence-corrected chi connectivity index (χ1v) is 8.55. The average molecular weight is 356 g/mol. The molecule has 0 bridgehead atoms. The van der Waals surface area contributed by atoms with E-state index in [9.17, 15) is 0 Å². The van der Waals surface area contributed by atoms with Crippen LogP contribution in [0.4, 0.5) is 5.69 Å². The van der Waals surface area contributed by atoms with Crippen molar-refractivity contribution >= 4 is 28.2 Å². The molecule has 0 aliphatic heterocycles. The number of rotatable bonds is 5. The van der Waals surface area contributed by atoms with Crippen molar-refractivity contribution in [3.05, 3.63) is 73.5 Å². The summed E-state index contributed by atoms with van der Waals surface area (Å²) in [7, 11) is 3.78. The fraction of sp³-hybridized carbons (Fsp3) is 0.0952. The zero-order valence-corrected chi connectivity index (χ0v) is 15.3. The molecule has 6 nitrogen and oxygen atoms in total. The van der Waals surface area contributed by atoms with E-state index in [-0.39, 0.29) is 0 Å². The maximum absolute atomic E-state index is 4.61. The fourth-order valence-electron chi connectivity index (χ4n) is 3.10. The maximum Gasteiger partial charge on any atom is 0.115 e. The second-order valence-electron chi connectivity index (χ2n) is 6.41. The highest BCUT2D eigenvalue weighted by molar-refractivity contribution is 5.98. The topological polar surface area (TPSA) is 60.6 Å². The third kappa shape index (κ3) is 3.13. The van der Waals surface area contributed by atoms with Gasteiger partial charge in [0, 0.05) is 54.9 Å². The van der Waals surface area contributed by atoms with Crippen molar-refractivity contribution in [2.45, 2.75) is 0 Å². The lowest BCUT2D eigenvalue weighted by atomic mass is 10.1. The van der Waals surface area contributed by atoms with E-state index in [1.807, 2.05) is 51.0 Å². The number of aryl methyl sites for hydroxylation is 2.